The van der Waals surface area contributed by atoms with Gasteiger partial charge in [-0.2, -0.15) is 0 Å². The van der Waals surface area contributed by atoms with Gasteiger partial charge < -0.3 is 10.0 Å². The van der Waals surface area contributed by atoms with Crippen LogP contribution >= 0.6 is 0 Å². The van der Waals surface area contributed by atoms with E-state index in [0.29, 0.717) is 5.56 Å². The Kier molecular flexibility index (Phi) is 4.06. The molecular weight excluding hydrogens is 261 g/mol. The van der Waals surface area contributed by atoms with Crippen molar-refractivity contribution in [2.24, 2.45) is 0 Å². The number of carboxylic acid groups (broad SMARTS) is 1. The smallest absolute Gasteiger partial charge is 0.326 e. The number of carboxylic acids is 1. The molecule has 1 saturated carbocycles. The molecule has 0 radical (unpaired) electrons. The van der Waals surface area contributed by atoms with E-state index in [9.17, 15) is 14.0 Å². The number of carbonyl (C=O) groups excluding carboxylic acids is 1. The average Bonchev–Trinajstić information content (AvgIpc) is 3.22. The van der Waals surface area contributed by atoms with Gasteiger partial charge in [-0.15, -0.1) is 0 Å². The van der Waals surface area contributed by atoms with Gasteiger partial charge in [0.2, 0.25) is 5.91 Å². The van der Waals surface area contributed by atoms with E-state index in [1.54, 1.807) is 19.1 Å². The summed E-state index contributed by atoms with van der Waals surface area (Å²) < 4.78 is 13.2. The van der Waals surface area contributed by atoms with Gasteiger partial charge in [0, 0.05) is 6.04 Å². The summed E-state index contributed by atoms with van der Waals surface area (Å²) in [5.74, 6) is -2.22. The molecule has 0 aliphatic heterocycles. The summed E-state index contributed by atoms with van der Waals surface area (Å²) in [7, 11) is 0. The van der Waals surface area contributed by atoms with Crippen molar-refractivity contribution in [3.63, 3.8) is 0 Å². The van der Waals surface area contributed by atoms with Crippen molar-refractivity contribution in [3.8, 4) is 0 Å². The first kappa shape index (κ1) is 14.5. The summed E-state index contributed by atoms with van der Waals surface area (Å²) in [4.78, 5) is 25.1. The number of halogens is 1. The highest BCUT2D eigenvalue weighted by Gasteiger charge is 2.40. The van der Waals surface area contributed by atoms with Gasteiger partial charge in [0.15, 0.2) is 0 Å². The molecule has 1 amide bonds. The van der Waals surface area contributed by atoms with Crippen LogP contribution < -0.4 is 0 Å². The van der Waals surface area contributed by atoms with Gasteiger partial charge in [-0.1, -0.05) is 12.1 Å². The number of aliphatic carboxylic acids is 1. The summed E-state index contributed by atoms with van der Waals surface area (Å²) >= 11 is 0. The fourth-order valence-electron chi connectivity index (χ4n) is 2.30. The van der Waals surface area contributed by atoms with Crippen molar-refractivity contribution in [2.45, 2.75) is 44.7 Å². The number of carbonyl (C=O) groups is 2. The minimum atomic E-state index is -1.02. The lowest BCUT2D eigenvalue weighted by atomic mass is 9.98. The van der Waals surface area contributed by atoms with E-state index in [0.717, 1.165) is 12.8 Å². The molecular formula is C15H18FNO3. The standard InChI is InChI=1S/C15H18FNO3/c1-9(11-4-3-5-12(16)8-11)14(18)17(13-6-7-13)10(2)15(19)20/h3-5,8-10,13H,6-7H2,1-2H3,(H,19,20). The van der Waals surface area contributed by atoms with Gasteiger partial charge in [0.1, 0.15) is 11.9 Å². The van der Waals surface area contributed by atoms with Gasteiger partial charge in [0.05, 0.1) is 5.92 Å². The molecule has 2 atom stereocenters. The third kappa shape index (κ3) is 2.98. The predicted molar refractivity (Wildman–Crippen MR) is 71.8 cm³/mol. The van der Waals surface area contributed by atoms with E-state index in [-0.39, 0.29) is 11.9 Å². The van der Waals surface area contributed by atoms with Crippen LogP contribution in [0.5, 0.6) is 0 Å². The lowest BCUT2D eigenvalue weighted by Crippen LogP contribution is -2.46. The van der Waals surface area contributed by atoms with Crippen LogP contribution in [0.3, 0.4) is 0 Å². The van der Waals surface area contributed by atoms with Gasteiger partial charge in [0.25, 0.3) is 0 Å². The third-order valence-electron chi connectivity index (χ3n) is 3.69. The van der Waals surface area contributed by atoms with Crippen LogP contribution in [0.1, 0.15) is 38.2 Å². The monoisotopic (exact) mass is 279 g/mol. The molecule has 4 nitrogen and oxygen atoms in total. The molecule has 1 aromatic rings. The molecule has 108 valence electrons. The zero-order valence-corrected chi connectivity index (χ0v) is 11.5. The maximum absolute atomic E-state index is 13.2. The molecule has 1 fully saturated rings. The number of benzene rings is 1. The Bertz CT molecular complexity index is 528. The molecule has 1 N–H and O–H groups in total. The van der Waals surface area contributed by atoms with Crippen molar-refractivity contribution in [1.82, 2.24) is 4.90 Å². The van der Waals surface area contributed by atoms with Gasteiger partial charge in [-0.05, 0) is 44.4 Å². The molecule has 2 rings (SSSR count). The van der Waals surface area contributed by atoms with Crippen LogP contribution in [0.15, 0.2) is 24.3 Å². The second kappa shape index (κ2) is 5.61. The van der Waals surface area contributed by atoms with E-state index in [2.05, 4.69) is 0 Å². The van der Waals surface area contributed by atoms with Crippen LogP contribution in [0.25, 0.3) is 0 Å². The zero-order chi connectivity index (χ0) is 14.9. The molecule has 0 bridgehead atoms. The topological polar surface area (TPSA) is 57.6 Å². The summed E-state index contributed by atoms with van der Waals surface area (Å²) in [5.41, 5.74) is 0.568. The Balaban J connectivity index is 2.21. The van der Waals surface area contributed by atoms with Crippen molar-refractivity contribution in [3.05, 3.63) is 35.6 Å². The fourth-order valence-corrected chi connectivity index (χ4v) is 2.30. The van der Waals surface area contributed by atoms with Crippen molar-refractivity contribution in [1.29, 1.82) is 0 Å². The van der Waals surface area contributed by atoms with Gasteiger partial charge in [-0.25, -0.2) is 9.18 Å². The molecule has 5 heteroatoms. The largest absolute Gasteiger partial charge is 0.480 e. The summed E-state index contributed by atoms with van der Waals surface area (Å²) in [6.45, 7) is 3.19. The molecule has 0 heterocycles. The first-order valence-electron chi connectivity index (χ1n) is 6.72. The van der Waals surface area contributed by atoms with Crippen LogP contribution in [-0.4, -0.2) is 34.0 Å². The molecule has 1 aliphatic carbocycles. The van der Waals surface area contributed by atoms with Gasteiger partial charge >= 0.3 is 5.97 Å². The summed E-state index contributed by atoms with van der Waals surface area (Å²) in [5, 5.41) is 9.12. The number of hydrogen-bond donors (Lipinski definition) is 1. The average molecular weight is 279 g/mol. The van der Waals surface area contributed by atoms with E-state index < -0.39 is 23.7 Å². The van der Waals surface area contributed by atoms with Crippen LogP contribution in [0.2, 0.25) is 0 Å². The van der Waals surface area contributed by atoms with Gasteiger partial charge in [-0.3, -0.25) is 4.79 Å². The number of nitrogens with zero attached hydrogens (tertiary/aromatic N) is 1. The van der Waals surface area contributed by atoms with Crippen molar-refractivity contribution >= 4 is 11.9 Å². The first-order chi connectivity index (χ1) is 9.41. The molecule has 20 heavy (non-hydrogen) atoms. The Morgan fingerprint density at radius 3 is 2.50 bits per heavy atom. The van der Waals surface area contributed by atoms with Crippen molar-refractivity contribution < 1.29 is 19.1 Å². The number of amides is 1. The highest BCUT2D eigenvalue weighted by molar-refractivity contribution is 5.88. The third-order valence-corrected chi connectivity index (χ3v) is 3.69. The highest BCUT2D eigenvalue weighted by atomic mass is 19.1. The van der Waals surface area contributed by atoms with Crippen molar-refractivity contribution in [2.75, 3.05) is 0 Å². The second-order valence-electron chi connectivity index (χ2n) is 5.27. The Morgan fingerprint density at radius 1 is 1.35 bits per heavy atom. The fraction of sp³-hybridized carbons (Fsp3) is 0.467. The van der Waals surface area contributed by atoms with Crippen LogP contribution in [0, 0.1) is 5.82 Å². The predicted octanol–water partition coefficient (Wildman–Crippen LogP) is 2.39. The lowest BCUT2D eigenvalue weighted by molar-refractivity contribution is -0.150. The molecule has 1 aliphatic rings. The summed E-state index contributed by atoms with van der Waals surface area (Å²) in [6, 6.07) is 5.02. The zero-order valence-electron chi connectivity index (χ0n) is 11.5. The maximum atomic E-state index is 13.2. The number of hydrogen-bond acceptors (Lipinski definition) is 2. The molecule has 0 aromatic heterocycles. The Labute approximate surface area is 117 Å². The second-order valence-corrected chi connectivity index (χ2v) is 5.27. The molecule has 0 saturated heterocycles. The number of rotatable bonds is 5. The SMILES string of the molecule is CC(C(=O)N(C1CC1)C(C)C(=O)O)c1cccc(F)c1. The first-order valence-corrected chi connectivity index (χ1v) is 6.72. The highest BCUT2D eigenvalue weighted by Crippen LogP contribution is 2.32. The summed E-state index contributed by atoms with van der Waals surface area (Å²) in [6.07, 6.45) is 1.67. The minimum absolute atomic E-state index is 0.00427. The Morgan fingerprint density at radius 2 is 2.00 bits per heavy atom. The Hall–Kier alpha value is -1.91. The lowest BCUT2D eigenvalue weighted by Gasteiger charge is -2.29. The normalized spacial score (nSPS) is 17.4. The molecule has 1 aromatic carbocycles. The molecule has 2 unspecified atom stereocenters. The minimum Gasteiger partial charge on any atom is -0.480 e. The van der Waals surface area contributed by atoms with Crippen LogP contribution in [-0.2, 0) is 9.59 Å². The quantitative estimate of drug-likeness (QED) is 0.900. The van der Waals surface area contributed by atoms with Crippen LogP contribution in [0.4, 0.5) is 4.39 Å². The maximum Gasteiger partial charge on any atom is 0.326 e. The van der Waals surface area contributed by atoms with E-state index in [1.165, 1.54) is 24.0 Å². The van der Waals surface area contributed by atoms with E-state index in [4.69, 9.17) is 5.11 Å². The van der Waals surface area contributed by atoms with E-state index in [1.807, 2.05) is 0 Å². The van der Waals surface area contributed by atoms with E-state index >= 15 is 0 Å². The molecule has 0 spiro atoms.